The topological polar surface area (TPSA) is 66.5 Å². The van der Waals surface area contributed by atoms with Crippen molar-refractivity contribution in [1.82, 2.24) is 10.4 Å². The molecule has 108 valence electrons. The Balaban J connectivity index is 2.08. The Morgan fingerprint density at radius 1 is 1.29 bits per heavy atom. The largest absolute Gasteiger partial charge is 0.473 e. The highest BCUT2D eigenvalue weighted by molar-refractivity contribution is 6.25. The van der Waals surface area contributed by atoms with Gasteiger partial charge in [-0.3, -0.25) is 4.79 Å². The second kappa shape index (κ2) is 5.09. The first kappa shape index (κ1) is 13.4. The van der Waals surface area contributed by atoms with Gasteiger partial charge < -0.3 is 9.72 Å². The fourth-order valence-corrected chi connectivity index (χ4v) is 2.39. The Labute approximate surface area is 122 Å². The maximum Gasteiger partial charge on any atom is 0.277 e. The summed E-state index contributed by atoms with van der Waals surface area (Å²) in [5.74, 6) is 0.106. The first-order valence-corrected chi connectivity index (χ1v) is 6.90. The van der Waals surface area contributed by atoms with Crippen molar-refractivity contribution in [3.63, 3.8) is 0 Å². The lowest BCUT2D eigenvalue weighted by atomic mass is 10.1. The zero-order valence-electron chi connectivity index (χ0n) is 12.2. The molecular formula is C16H17N3O2. The third-order valence-corrected chi connectivity index (χ3v) is 3.31. The minimum Gasteiger partial charge on any atom is -0.473 e. The van der Waals surface area contributed by atoms with E-state index in [9.17, 15) is 4.79 Å². The first-order valence-electron chi connectivity index (χ1n) is 6.90. The number of ether oxygens (including phenoxy) is 1. The first-order chi connectivity index (χ1) is 10.1. The number of rotatable bonds is 2. The van der Waals surface area contributed by atoms with Crippen LogP contribution in [0.3, 0.4) is 0 Å². The van der Waals surface area contributed by atoms with Crippen LogP contribution in [0.15, 0.2) is 34.9 Å². The van der Waals surface area contributed by atoms with Gasteiger partial charge in [-0.2, -0.15) is 0 Å². The van der Waals surface area contributed by atoms with Gasteiger partial charge in [-0.25, -0.2) is 5.43 Å². The Morgan fingerprint density at radius 3 is 2.81 bits per heavy atom. The molecule has 1 aromatic carbocycles. The number of nitrogens with zero attached hydrogens (tertiary/aromatic N) is 1. The van der Waals surface area contributed by atoms with Crippen molar-refractivity contribution < 1.29 is 9.53 Å². The van der Waals surface area contributed by atoms with Crippen LogP contribution in [0.1, 0.15) is 25.1 Å². The number of hydrogen-bond donors (Lipinski definition) is 2. The Hall–Kier alpha value is -2.56. The van der Waals surface area contributed by atoms with E-state index in [1.807, 2.05) is 51.1 Å². The maximum atomic E-state index is 12.0. The highest BCUT2D eigenvalue weighted by Gasteiger charge is 2.25. The summed E-state index contributed by atoms with van der Waals surface area (Å²) in [5, 5.41) is 5.02. The van der Waals surface area contributed by atoms with Gasteiger partial charge in [0, 0.05) is 22.2 Å². The monoisotopic (exact) mass is 283 g/mol. The van der Waals surface area contributed by atoms with Crippen molar-refractivity contribution in [2.75, 3.05) is 0 Å². The van der Waals surface area contributed by atoms with Crippen molar-refractivity contribution >= 4 is 28.8 Å². The van der Waals surface area contributed by atoms with E-state index < -0.39 is 0 Å². The molecule has 1 aromatic heterocycles. The van der Waals surface area contributed by atoms with Crippen molar-refractivity contribution in [3.8, 4) is 0 Å². The van der Waals surface area contributed by atoms with E-state index in [-0.39, 0.29) is 12.0 Å². The number of para-hydroxylation sites is 1. The predicted octanol–water partition coefficient (Wildman–Crippen LogP) is 2.73. The molecule has 5 nitrogen and oxygen atoms in total. The second-order valence-electron chi connectivity index (χ2n) is 5.29. The number of carbonyl (C=O) groups excluding carboxylic acids is 1. The number of carbonyl (C=O) groups is 1. The number of nitrogens with one attached hydrogen (secondary N) is 2. The molecule has 1 amide bonds. The molecule has 0 fully saturated rings. The van der Waals surface area contributed by atoms with Gasteiger partial charge >= 0.3 is 0 Å². The summed E-state index contributed by atoms with van der Waals surface area (Å²) >= 11 is 0. The molecule has 5 heteroatoms. The van der Waals surface area contributed by atoms with E-state index in [2.05, 4.69) is 15.5 Å². The summed E-state index contributed by atoms with van der Waals surface area (Å²) in [7, 11) is 0. The van der Waals surface area contributed by atoms with Gasteiger partial charge in [0.25, 0.3) is 5.91 Å². The third-order valence-electron chi connectivity index (χ3n) is 3.31. The third kappa shape index (κ3) is 2.42. The fraction of sp³-hybridized carbons (Fsp3) is 0.250. The molecule has 1 aliphatic rings. The molecule has 1 aliphatic heterocycles. The minimum atomic E-state index is -0.240. The van der Waals surface area contributed by atoms with Gasteiger partial charge in [0.15, 0.2) is 0 Å². The minimum absolute atomic E-state index is 0.0380. The van der Waals surface area contributed by atoms with Crippen LogP contribution in [-0.2, 0) is 9.53 Å². The summed E-state index contributed by atoms with van der Waals surface area (Å²) in [6.45, 7) is 5.79. The zero-order valence-corrected chi connectivity index (χ0v) is 12.2. The number of hydrazone groups is 1. The average molecular weight is 283 g/mol. The van der Waals surface area contributed by atoms with Crippen molar-refractivity contribution in [2.45, 2.75) is 26.9 Å². The number of hydrogen-bond acceptors (Lipinski definition) is 3. The second-order valence-corrected chi connectivity index (χ2v) is 5.29. The molecule has 0 saturated heterocycles. The quantitative estimate of drug-likeness (QED) is 0.832. The van der Waals surface area contributed by atoms with Crippen LogP contribution < -0.4 is 5.43 Å². The van der Waals surface area contributed by atoms with Gasteiger partial charge in [-0.05, 0) is 32.9 Å². The lowest BCUT2D eigenvalue weighted by Crippen LogP contribution is -2.16. The molecular weight excluding hydrogens is 266 g/mol. The summed E-state index contributed by atoms with van der Waals surface area (Å²) in [6, 6.07) is 8.00. The normalized spacial score (nSPS) is 16.7. The number of H-pyrrole nitrogens is 1. The molecule has 0 unspecified atom stereocenters. The zero-order chi connectivity index (χ0) is 15.0. The molecule has 0 bridgehead atoms. The van der Waals surface area contributed by atoms with Crippen LogP contribution in [0.2, 0.25) is 0 Å². The Bertz CT molecular complexity index is 769. The van der Waals surface area contributed by atoms with Crippen molar-refractivity contribution in [3.05, 3.63) is 41.1 Å². The van der Waals surface area contributed by atoms with Crippen LogP contribution in [0.4, 0.5) is 0 Å². The van der Waals surface area contributed by atoms with Crippen LogP contribution in [0.5, 0.6) is 0 Å². The SMILES string of the molecule is Cc1[nH]c2ccccc2c1/C=C1\C(=O)NN=C1OC(C)C. The number of aromatic amines is 1. The fourth-order valence-electron chi connectivity index (χ4n) is 2.39. The molecule has 3 rings (SSSR count). The average Bonchev–Trinajstić information content (AvgIpc) is 2.93. The van der Waals surface area contributed by atoms with E-state index in [0.29, 0.717) is 11.5 Å². The van der Waals surface area contributed by atoms with Gasteiger partial charge in [0.05, 0.1) is 6.10 Å². The highest BCUT2D eigenvalue weighted by Crippen LogP contribution is 2.25. The summed E-state index contributed by atoms with van der Waals surface area (Å²) in [5.41, 5.74) is 5.94. The summed E-state index contributed by atoms with van der Waals surface area (Å²) in [6.07, 6.45) is 1.79. The molecule has 2 aromatic rings. The van der Waals surface area contributed by atoms with E-state index >= 15 is 0 Å². The highest BCUT2D eigenvalue weighted by atomic mass is 16.5. The van der Waals surface area contributed by atoms with Gasteiger partial charge in [0.1, 0.15) is 5.57 Å². The number of fused-ring (bicyclic) bond motifs is 1. The maximum absolute atomic E-state index is 12.0. The van der Waals surface area contributed by atoms with Crippen molar-refractivity contribution in [1.29, 1.82) is 0 Å². The van der Waals surface area contributed by atoms with Crippen molar-refractivity contribution in [2.24, 2.45) is 5.10 Å². The molecule has 0 saturated carbocycles. The standard InChI is InChI=1S/C16H17N3O2/c1-9(2)21-16-13(15(20)18-19-16)8-12-10(3)17-14-7-5-4-6-11(12)14/h4-9,17H,1-3H3,(H,18,20)/b13-8+. The van der Waals surface area contributed by atoms with Gasteiger partial charge in [0.2, 0.25) is 5.90 Å². The molecule has 2 N–H and O–H groups in total. The molecule has 21 heavy (non-hydrogen) atoms. The van der Waals surface area contributed by atoms with Crippen LogP contribution >= 0.6 is 0 Å². The Kier molecular flexibility index (Phi) is 3.25. The number of aromatic nitrogens is 1. The molecule has 0 atom stereocenters. The van der Waals surface area contributed by atoms with Crippen LogP contribution in [0.25, 0.3) is 17.0 Å². The number of benzene rings is 1. The van der Waals surface area contributed by atoms with E-state index in [0.717, 1.165) is 22.2 Å². The predicted molar refractivity (Wildman–Crippen MR) is 82.8 cm³/mol. The number of amides is 1. The lowest BCUT2D eigenvalue weighted by molar-refractivity contribution is -0.116. The van der Waals surface area contributed by atoms with E-state index in [1.165, 1.54) is 0 Å². The molecule has 0 aliphatic carbocycles. The Morgan fingerprint density at radius 2 is 2.05 bits per heavy atom. The molecule has 0 radical (unpaired) electrons. The summed E-state index contributed by atoms with van der Waals surface area (Å²) in [4.78, 5) is 15.3. The summed E-state index contributed by atoms with van der Waals surface area (Å²) < 4.78 is 5.58. The van der Waals surface area contributed by atoms with E-state index in [4.69, 9.17) is 4.74 Å². The smallest absolute Gasteiger partial charge is 0.277 e. The number of aryl methyl sites for hydroxylation is 1. The molecule has 2 heterocycles. The van der Waals surface area contributed by atoms with Crippen LogP contribution in [-0.4, -0.2) is 22.9 Å². The van der Waals surface area contributed by atoms with Crippen LogP contribution in [0, 0.1) is 6.92 Å². The van der Waals surface area contributed by atoms with E-state index in [1.54, 1.807) is 0 Å². The molecule has 0 spiro atoms. The van der Waals surface area contributed by atoms with Gasteiger partial charge in [-0.1, -0.05) is 18.2 Å². The van der Waals surface area contributed by atoms with Gasteiger partial charge in [-0.15, -0.1) is 5.10 Å². The lowest BCUT2D eigenvalue weighted by Gasteiger charge is -2.08.